The van der Waals surface area contributed by atoms with Crippen LogP contribution in [0.5, 0.6) is 6.01 Å². The third-order valence-electron chi connectivity index (χ3n) is 9.87. The number of terminal acetylenes is 1. The van der Waals surface area contributed by atoms with E-state index in [9.17, 15) is 4.39 Å². The average Bonchev–Trinajstić information content (AvgIpc) is 3.65. The molecule has 0 spiro atoms. The Balaban J connectivity index is 1.29. The molecule has 4 saturated heterocycles. The van der Waals surface area contributed by atoms with Gasteiger partial charge in [-0.1, -0.05) is 12.0 Å². The molecule has 0 radical (unpaired) electrons. The molecule has 4 fully saturated rings. The molecule has 4 atom stereocenters. The van der Waals surface area contributed by atoms with Crippen molar-refractivity contribution in [2.45, 2.75) is 55.9 Å². The minimum absolute atomic E-state index is 0.0122. The number of hydrogen-bond donors (Lipinski definition) is 2. The second-order valence-corrected chi connectivity index (χ2v) is 12.6. The maximum Gasteiger partial charge on any atom is 0.319 e. The Morgan fingerprint density at radius 1 is 1.11 bits per heavy atom. The number of halogens is 3. The molecule has 8 nitrogen and oxygen atoms in total. The van der Waals surface area contributed by atoms with Gasteiger partial charge in [-0.05, 0) is 56.5 Å². The molecule has 3 N–H and O–H groups in total. The summed E-state index contributed by atoms with van der Waals surface area (Å²) in [6.07, 6.45) is 9.07. The van der Waals surface area contributed by atoms with Crippen molar-refractivity contribution in [2.75, 3.05) is 43.4 Å². The predicted molar refractivity (Wildman–Crippen MR) is 163 cm³/mol. The smallest absolute Gasteiger partial charge is 0.319 e. The Morgan fingerprint density at radius 2 is 1.93 bits per heavy atom. The Bertz CT molecular complexity index is 1850. The zero-order chi connectivity index (χ0) is 30.2. The van der Waals surface area contributed by atoms with E-state index in [-0.39, 0.29) is 52.5 Å². The number of alkyl halides is 1. The van der Waals surface area contributed by atoms with Gasteiger partial charge < -0.3 is 20.7 Å². The Hall–Kier alpha value is -4.14. The summed E-state index contributed by atoms with van der Waals surface area (Å²) in [5, 5.41) is 4.27. The molecular formula is C33H32F3N7O. The number of rotatable bonds is 5. The fourth-order valence-corrected chi connectivity index (χ4v) is 7.96. The fourth-order valence-electron chi connectivity index (χ4n) is 7.96. The number of fused-ring (bicyclic) bond motifs is 5. The van der Waals surface area contributed by atoms with Gasteiger partial charge in [0.2, 0.25) is 0 Å². The van der Waals surface area contributed by atoms with Crippen LogP contribution in [0.2, 0.25) is 0 Å². The number of nitrogens with zero attached hydrogens (tertiary/aromatic N) is 5. The summed E-state index contributed by atoms with van der Waals surface area (Å²) in [5.41, 5.74) is 6.37. The Morgan fingerprint density at radius 3 is 2.73 bits per heavy atom. The summed E-state index contributed by atoms with van der Waals surface area (Å²) in [4.78, 5) is 17.8. The molecule has 2 aromatic heterocycles. The lowest BCUT2D eigenvalue weighted by atomic mass is 9.95. The van der Waals surface area contributed by atoms with Crippen molar-refractivity contribution in [1.29, 1.82) is 0 Å². The fraction of sp³-hybridized carbons (Fsp3) is 0.424. The first-order valence-electron chi connectivity index (χ1n) is 15.2. The molecule has 6 heterocycles. The van der Waals surface area contributed by atoms with Gasteiger partial charge in [-0.3, -0.25) is 4.90 Å². The number of nitrogens with two attached hydrogens (primary N) is 1. The van der Waals surface area contributed by atoms with E-state index in [1.54, 1.807) is 18.2 Å². The van der Waals surface area contributed by atoms with Gasteiger partial charge in [0, 0.05) is 60.0 Å². The molecule has 8 rings (SSSR count). The van der Waals surface area contributed by atoms with Crippen molar-refractivity contribution in [2.24, 2.45) is 0 Å². The molecule has 0 aliphatic carbocycles. The van der Waals surface area contributed by atoms with E-state index in [1.165, 1.54) is 12.1 Å². The molecule has 11 heteroatoms. The van der Waals surface area contributed by atoms with Crippen LogP contribution in [0, 0.1) is 24.0 Å². The number of pyridine rings is 1. The topological polar surface area (TPSA) is 92.4 Å². The van der Waals surface area contributed by atoms with Gasteiger partial charge >= 0.3 is 6.01 Å². The number of aromatic nitrogens is 3. The van der Waals surface area contributed by atoms with Crippen molar-refractivity contribution in [1.82, 2.24) is 25.2 Å². The van der Waals surface area contributed by atoms with E-state index < -0.39 is 23.3 Å². The number of nitrogens with one attached hydrogen (secondary N) is 1. The van der Waals surface area contributed by atoms with Gasteiger partial charge in [0.15, 0.2) is 5.82 Å². The van der Waals surface area contributed by atoms with Gasteiger partial charge in [0.05, 0.1) is 16.6 Å². The normalized spacial score (nSPS) is 26.4. The molecule has 4 aromatic rings. The van der Waals surface area contributed by atoms with Crippen LogP contribution in [-0.4, -0.2) is 76.4 Å². The lowest BCUT2D eigenvalue weighted by molar-refractivity contribution is 0.107. The van der Waals surface area contributed by atoms with Crippen molar-refractivity contribution in [3.8, 4) is 29.5 Å². The summed E-state index contributed by atoms with van der Waals surface area (Å²) in [6.45, 7) is 2.68. The van der Waals surface area contributed by atoms with Crippen molar-refractivity contribution < 1.29 is 17.9 Å². The SMILES string of the molecule is C#Cc1cccc2nc(N)cc(-c3c(F)cc4c(N5C[C@H]6CC[C@@H](C5)N6)nc(OC[C@@]56CCCN5C[C@H](F)C6)nc4c3F)c12. The molecule has 0 unspecified atom stereocenters. The molecule has 4 aliphatic heterocycles. The van der Waals surface area contributed by atoms with Crippen LogP contribution in [-0.2, 0) is 0 Å². The third-order valence-corrected chi connectivity index (χ3v) is 9.87. The van der Waals surface area contributed by atoms with Crippen LogP contribution in [0.1, 0.15) is 37.7 Å². The van der Waals surface area contributed by atoms with Crippen LogP contribution in [0.3, 0.4) is 0 Å². The van der Waals surface area contributed by atoms with Gasteiger partial charge in [0.1, 0.15) is 35.7 Å². The zero-order valence-corrected chi connectivity index (χ0v) is 24.1. The van der Waals surface area contributed by atoms with Crippen LogP contribution in [0.4, 0.5) is 24.8 Å². The highest BCUT2D eigenvalue weighted by molar-refractivity contribution is 6.03. The van der Waals surface area contributed by atoms with E-state index in [4.69, 9.17) is 21.9 Å². The number of anilines is 2. The molecule has 0 saturated carbocycles. The van der Waals surface area contributed by atoms with Gasteiger partial charge in [-0.2, -0.15) is 9.97 Å². The van der Waals surface area contributed by atoms with E-state index in [2.05, 4.69) is 31.0 Å². The lowest BCUT2D eigenvalue weighted by Gasteiger charge is -2.34. The second kappa shape index (κ2) is 10.2. The number of hydrogen-bond acceptors (Lipinski definition) is 8. The third kappa shape index (κ3) is 4.34. The molecule has 44 heavy (non-hydrogen) atoms. The predicted octanol–water partition coefficient (Wildman–Crippen LogP) is 4.58. The van der Waals surface area contributed by atoms with E-state index in [1.807, 2.05) is 0 Å². The molecule has 4 aliphatic rings. The average molecular weight is 600 g/mol. The summed E-state index contributed by atoms with van der Waals surface area (Å²) in [6, 6.07) is 8.36. The Labute approximate surface area is 252 Å². The number of ether oxygens (including phenoxy) is 1. The molecule has 0 amide bonds. The maximum absolute atomic E-state index is 16.8. The Kier molecular flexibility index (Phi) is 6.36. The van der Waals surface area contributed by atoms with Gasteiger partial charge in [-0.25, -0.2) is 18.2 Å². The van der Waals surface area contributed by atoms with Crippen LogP contribution in [0.15, 0.2) is 30.3 Å². The van der Waals surface area contributed by atoms with E-state index in [0.29, 0.717) is 48.3 Å². The number of benzene rings is 2. The minimum atomic E-state index is -0.915. The van der Waals surface area contributed by atoms with Crippen LogP contribution >= 0.6 is 0 Å². The summed E-state index contributed by atoms with van der Waals surface area (Å²) >= 11 is 0. The summed E-state index contributed by atoms with van der Waals surface area (Å²) < 4.78 is 53.7. The van der Waals surface area contributed by atoms with Crippen molar-refractivity contribution in [3.05, 3.63) is 47.5 Å². The number of piperazine rings is 1. The molecule has 226 valence electrons. The minimum Gasteiger partial charge on any atom is -0.461 e. The quantitative estimate of drug-likeness (QED) is 0.322. The molecular weight excluding hydrogens is 567 g/mol. The second-order valence-electron chi connectivity index (χ2n) is 12.6. The van der Waals surface area contributed by atoms with E-state index >= 15 is 8.78 Å². The number of nitrogen functional groups attached to an aromatic ring is 1. The first-order valence-corrected chi connectivity index (χ1v) is 15.2. The highest BCUT2D eigenvalue weighted by Gasteiger charge is 2.49. The molecule has 2 bridgehead atoms. The summed E-state index contributed by atoms with van der Waals surface area (Å²) in [7, 11) is 0. The zero-order valence-electron chi connectivity index (χ0n) is 24.1. The first-order chi connectivity index (χ1) is 21.3. The highest BCUT2D eigenvalue weighted by atomic mass is 19.1. The standard InChI is InChI=1S/C33H32F3N7O/c1-2-18-5-3-6-25-27(18)22(12-26(37)39-25)28-24(35)11-23-30(29(28)36)40-32(41-31(23)42-15-20-7-8-21(16-42)38-20)44-17-33-9-4-10-43(33)14-19(34)13-33/h1,3,5-6,11-12,19-21,38H,4,7-10,13-17H2,(H2,37,39)/t19-,20-,21+,33+/m1/s1. The largest absolute Gasteiger partial charge is 0.461 e. The maximum atomic E-state index is 16.8. The summed E-state index contributed by atoms with van der Waals surface area (Å²) in [5.74, 6) is 1.48. The highest BCUT2D eigenvalue weighted by Crippen LogP contribution is 2.42. The van der Waals surface area contributed by atoms with Crippen LogP contribution < -0.4 is 20.7 Å². The lowest BCUT2D eigenvalue weighted by Crippen LogP contribution is -2.51. The van der Waals surface area contributed by atoms with Crippen molar-refractivity contribution >= 4 is 33.4 Å². The van der Waals surface area contributed by atoms with Crippen molar-refractivity contribution in [3.63, 3.8) is 0 Å². The van der Waals surface area contributed by atoms with Gasteiger partial charge in [0.25, 0.3) is 0 Å². The van der Waals surface area contributed by atoms with E-state index in [0.717, 1.165) is 32.2 Å². The van der Waals surface area contributed by atoms with Gasteiger partial charge in [-0.15, -0.1) is 6.42 Å². The van der Waals surface area contributed by atoms with Crippen LogP contribution in [0.25, 0.3) is 32.9 Å². The first kappa shape index (κ1) is 27.4. The molecule has 2 aromatic carbocycles. The monoisotopic (exact) mass is 599 g/mol.